The molecular formula is C19H17N5O2S2. The zero-order chi connectivity index (χ0) is 19.5. The molecule has 0 aliphatic rings. The van der Waals surface area contributed by atoms with Crippen molar-refractivity contribution in [2.75, 3.05) is 11.1 Å². The molecule has 0 atom stereocenters. The van der Waals surface area contributed by atoms with Crippen LogP contribution in [0.2, 0.25) is 0 Å². The highest BCUT2D eigenvalue weighted by Crippen LogP contribution is 2.28. The number of thiazole rings is 1. The first kappa shape index (κ1) is 18.5. The summed E-state index contributed by atoms with van der Waals surface area (Å²) in [6, 6.07) is 9.64. The number of carbonyl (C=O) groups excluding carboxylic acids is 1. The van der Waals surface area contributed by atoms with Crippen LogP contribution in [-0.4, -0.2) is 31.4 Å². The van der Waals surface area contributed by atoms with E-state index in [1.807, 2.05) is 29.7 Å². The molecule has 1 amide bonds. The van der Waals surface area contributed by atoms with Crippen molar-refractivity contribution in [3.05, 3.63) is 54.8 Å². The molecule has 0 radical (unpaired) electrons. The zero-order valence-electron chi connectivity index (χ0n) is 15.1. The van der Waals surface area contributed by atoms with Crippen LogP contribution in [0.4, 0.5) is 5.13 Å². The lowest BCUT2D eigenvalue weighted by atomic mass is 10.2. The van der Waals surface area contributed by atoms with Crippen LogP contribution in [-0.2, 0) is 11.3 Å². The molecule has 28 heavy (non-hydrogen) atoms. The lowest BCUT2D eigenvalue weighted by Gasteiger charge is -2.06. The second kappa shape index (κ2) is 7.99. The van der Waals surface area contributed by atoms with E-state index in [1.54, 1.807) is 18.4 Å². The molecule has 0 fully saturated rings. The molecule has 7 nitrogen and oxygen atoms in total. The van der Waals surface area contributed by atoms with E-state index in [4.69, 9.17) is 4.42 Å². The van der Waals surface area contributed by atoms with Crippen LogP contribution in [0.25, 0.3) is 21.8 Å². The molecule has 3 heterocycles. The number of furan rings is 1. The molecule has 0 saturated carbocycles. The number of thioether (sulfide) groups is 1. The van der Waals surface area contributed by atoms with Gasteiger partial charge >= 0.3 is 0 Å². The van der Waals surface area contributed by atoms with E-state index < -0.39 is 0 Å². The quantitative estimate of drug-likeness (QED) is 0.359. The number of carbonyl (C=O) groups is 1. The first-order valence-corrected chi connectivity index (χ1v) is 10.3. The molecule has 4 rings (SSSR count). The second-order valence-corrected chi connectivity index (χ2v) is 7.98. The number of allylic oxidation sites excluding steroid dienone is 1. The summed E-state index contributed by atoms with van der Waals surface area (Å²) in [5, 5.41) is 12.5. The molecule has 1 aromatic carbocycles. The highest BCUT2D eigenvalue weighted by molar-refractivity contribution is 7.99. The van der Waals surface area contributed by atoms with Gasteiger partial charge in [0.05, 0.1) is 22.2 Å². The molecule has 0 aliphatic carbocycles. The number of benzene rings is 1. The number of aromatic nitrogens is 4. The highest BCUT2D eigenvalue weighted by Gasteiger charge is 2.17. The van der Waals surface area contributed by atoms with Gasteiger partial charge < -0.3 is 9.73 Å². The van der Waals surface area contributed by atoms with Crippen molar-refractivity contribution in [3.63, 3.8) is 0 Å². The molecule has 1 N–H and O–H groups in total. The van der Waals surface area contributed by atoms with Crippen molar-refractivity contribution < 1.29 is 9.21 Å². The number of nitrogens with zero attached hydrogens (tertiary/aromatic N) is 4. The molecule has 0 unspecified atom stereocenters. The molecule has 3 aromatic heterocycles. The van der Waals surface area contributed by atoms with Gasteiger partial charge in [-0.15, -0.1) is 16.8 Å². The summed E-state index contributed by atoms with van der Waals surface area (Å²) in [4.78, 5) is 16.8. The van der Waals surface area contributed by atoms with Crippen molar-refractivity contribution in [1.29, 1.82) is 0 Å². The van der Waals surface area contributed by atoms with Crippen molar-refractivity contribution in [2.45, 2.75) is 18.6 Å². The maximum Gasteiger partial charge on any atom is 0.236 e. The Morgan fingerprint density at radius 1 is 1.39 bits per heavy atom. The monoisotopic (exact) mass is 411 g/mol. The first-order chi connectivity index (χ1) is 13.6. The summed E-state index contributed by atoms with van der Waals surface area (Å²) in [6.07, 6.45) is 3.34. The summed E-state index contributed by atoms with van der Waals surface area (Å²) in [5.41, 5.74) is 2.05. The minimum absolute atomic E-state index is 0.145. The molecule has 0 spiro atoms. The van der Waals surface area contributed by atoms with Crippen LogP contribution in [0.3, 0.4) is 0 Å². The van der Waals surface area contributed by atoms with Crippen molar-refractivity contribution in [2.24, 2.45) is 0 Å². The molecule has 0 aliphatic heterocycles. The number of anilines is 1. The van der Waals surface area contributed by atoms with Crippen LogP contribution in [0.15, 0.2) is 58.8 Å². The van der Waals surface area contributed by atoms with Crippen LogP contribution in [0.1, 0.15) is 5.56 Å². The lowest BCUT2D eigenvalue weighted by molar-refractivity contribution is -0.113. The van der Waals surface area contributed by atoms with Crippen LogP contribution >= 0.6 is 23.1 Å². The van der Waals surface area contributed by atoms with E-state index in [9.17, 15) is 4.79 Å². The van der Waals surface area contributed by atoms with Gasteiger partial charge in [-0.25, -0.2) is 4.98 Å². The Kier molecular flexibility index (Phi) is 5.27. The van der Waals surface area contributed by atoms with Crippen molar-refractivity contribution >= 4 is 44.4 Å². The van der Waals surface area contributed by atoms with Gasteiger partial charge in [0.25, 0.3) is 0 Å². The fraction of sp³-hybridized carbons (Fsp3) is 0.158. The van der Waals surface area contributed by atoms with E-state index in [2.05, 4.69) is 33.1 Å². The predicted molar refractivity (Wildman–Crippen MR) is 112 cm³/mol. The van der Waals surface area contributed by atoms with E-state index in [0.29, 0.717) is 28.4 Å². The van der Waals surface area contributed by atoms with Gasteiger partial charge in [-0.05, 0) is 36.8 Å². The van der Waals surface area contributed by atoms with Gasteiger partial charge in [-0.1, -0.05) is 35.2 Å². The standard InChI is InChI=1S/C19H17N5O2S2/c1-3-8-24-17(14-5-4-9-26-14)22-23-19(24)27-11-16(25)21-18-20-13-7-6-12(2)10-15(13)28-18/h3-7,9-10H,1,8,11H2,2H3,(H,20,21,25). The Balaban J connectivity index is 1.45. The largest absolute Gasteiger partial charge is 0.461 e. The second-order valence-electron chi connectivity index (χ2n) is 6.01. The van der Waals surface area contributed by atoms with Gasteiger partial charge in [0.15, 0.2) is 16.0 Å². The fourth-order valence-corrected chi connectivity index (χ4v) is 4.38. The van der Waals surface area contributed by atoms with Crippen LogP contribution in [0, 0.1) is 6.92 Å². The molecular weight excluding hydrogens is 394 g/mol. The average molecular weight is 412 g/mol. The van der Waals surface area contributed by atoms with E-state index >= 15 is 0 Å². The predicted octanol–water partition coefficient (Wildman–Crippen LogP) is 4.37. The number of hydrogen-bond acceptors (Lipinski definition) is 7. The number of aryl methyl sites for hydroxylation is 1. The fourth-order valence-electron chi connectivity index (χ4n) is 2.65. The molecule has 0 saturated heterocycles. The van der Waals surface area contributed by atoms with E-state index in [-0.39, 0.29) is 11.7 Å². The summed E-state index contributed by atoms with van der Waals surface area (Å²) in [5.74, 6) is 1.28. The van der Waals surface area contributed by atoms with Gasteiger partial charge in [0.1, 0.15) is 0 Å². The first-order valence-electron chi connectivity index (χ1n) is 8.52. The number of nitrogens with one attached hydrogen (secondary N) is 1. The highest BCUT2D eigenvalue weighted by atomic mass is 32.2. The minimum Gasteiger partial charge on any atom is -0.461 e. The number of amides is 1. The Morgan fingerprint density at radius 2 is 2.29 bits per heavy atom. The van der Waals surface area contributed by atoms with Crippen molar-refractivity contribution in [1.82, 2.24) is 19.7 Å². The van der Waals surface area contributed by atoms with E-state index in [0.717, 1.165) is 10.2 Å². The Bertz CT molecular complexity index is 1130. The molecule has 4 aromatic rings. The summed E-state index contributed by atoms with van der Waals surface area (Å²) < 4.78 is 8.33. The number of rotatable bonds is 7. The maximum absolute atomic E-state index is 12.4. The lowest BCUT2D eigenvalue weighted by Crippen LogP contribution is -2.14. The van der Waals surface area contributed by atoms with E-state index in [1.165, 1.54) is 28.7 Å². The molecule has 9 heteroatoms. The average Bonchev–Trinajstić information content (AvgIpc) is 3.39. The van der Waals surface area contributed by atoms with Gasteiger partial charge in [-0.2, -0.15) is 0 Å². The Labute approximate surface area is 169 Å². The van der Waals surface area contributed by atoms with Crippen LogP contribution < -0.4 is 5.32 Å². The SMILES string of the molecule is C=CCn1c(SCC(=O)Nc2nc3ccc(C)cc3s2)nnc1-c1ccco1. The third-order valence-corrected chi connectivity index (χ3v) is 5.79. The zero-order valence-corrected chi connectivity index (χ0v) is 16.7. The topological polar surface area (TPSA) is 85.8 Å². The third kappa shape index (κ3) is 3.85. The molecule has 142 valence electrons. The maximum atomic E-state index is 12.4. The minimum atomic E-state index is -0.145. The Morgan fingerprint density at radius 3 is 3.07 bits per heavy atom. The molecule has 0 bridgehead atoms. The van der Waals surface area contributed by atoms with Gasteiger partial charge in [0.2, 0.25) is 11.7 Å². The smallest absolute Gasteiger partial charge is 0.236 e. The summed E-state index contributed by atoms with van der Waals surface area (Å²) in [7, 11) is 0. The van der Waals surface area contributed by atoms with Gasteiger partial charge in [-0.3, -0.25) is 9.36 Å². The van der Waals surface area contributed by atoms with Crippen LogP contribution in [0.5, 0.6) is 0 Å². The van der Waals surface area contributed by atoms with Gasteiger partial charge in [0, 0.05) is 6.54 Å². The number of hydrogen-bond donors (Lipinski definition) is 1. The Hall–Kier alpha value is -2.91. The van der Waals surface area contributed by atoms with Crippen molar-refractivity contribution in [3.8, 4) is 11.6 Å². The summed E-state index contributed by atoms with van der Waals surface area (Å²) in [6.45, 7) is 6.32. The third-order valence-electron chi connectivity index (χ3n) is 3.89. The number of fused-ring (bicyclic) bond motifs is 1. The normalized spacial score (nSPS) is 11.0. The summed E-state index contributed by atoms with van der Waals surface area (Å²) >= 11 is 2.77.